The molecule has 0 aromatic heterocycles. The minimum atomic E-state index is -0.974. The number of nitrogens with zero attached hydrogens (tertiary/aromatic N) is 1. The molecule has 2 atom stereocenters. The van der Waals surface area contributed by atoms with Crippen molar-refractivity contribution >= 4 is 11.8 Å². The van der Waals surface area contributed by atoms with Crippen LogP contribution in [0.5, 0.6) is 5.75 Å². The van der Waals surface area contributed by atoms with Gasteiger partial charge in [0.1, 0.15) is 24.3 Å². The lowest BCUT2D eigenvalue weighted by atomic mass is 10.1. The van der Waals surface area contributed by atoms with Gasteiger partial charge < -0.3 is 9.84 Å². The molecule has 6 heteroatoms. The first kappa shape index (κ1) is 14.5. The van der Waals surface area contributed by atoms with Gasteiger partial charge in [0, 0.05) is 12.3 Å². The second-order valence-electron chi connectivity index (χ2n) is 4.87. The third kappa shape index (κ3) is 3.33. The minimum Gasteiger partial charge on any atom is -0.491 e. The fraction of sp³-hybridized carbons (Fsp3) is 0.429. The number of halogens is 1. The summed E-state index contributed by atoms with van der Waals surface area (Å²) in [5.74, 6) is -0.829. The first-order valence-corrected chi connectivity index (χ1v) is 6.38. The predicted molar refractivity (Wildman–Crippen MR) is 68.4 cm³/mol. The fourth-order valence-corrected chi connectivity index (χ4v) is 2.03. The molecule has 1 N–H and O–H groups in total. The fourth-order valence-electron chi connectivity index (χ4n) is 2.03. The first-order chi connectivity index (χ1) is 9.47. The Labute approximate surface area is 116 Å². The number of benzene rings is 1. The van der Waals surface area contributed by atoms with Gasteiger partial charge in [0.05, 0.1) is 6.54 Å². The van der Waals surface area contributed by atoms with Crippen molar-refractivity contribution in [3.63, 3.8) is 0 Å². The molecule has 0 bridgehead atoms. The third-order valence-electron chi connectivity index (χ3n) is 3.12. The van der Waals surface area contributed by atoms with Crippen molar-refractivity contribution in [1.29, 1.82) is 0 Å². The number of aliphatic hydroxyl groups is 1. The van der Waals surface area contributed by atoms with Crippen LogP contribution in [0.1, 0.15) is 13.3 Å². The average Bonchev–Trinajstić information content (AvgIpc) is 2.65. The van der Waals surface area contributed by atoms with Gasteiger partial charge in [-0.2, -0.15) is 0 Å². The number of carbonyl (C=O) groups excluding carboxylic acids is 2. The number of aliphatic hydroxyl groups excluding tert-OH is 1. The Morgan fingerprint density at radius 2 is 2.05 bits per heavy atom. The summed E-state index contributed by atoms with van der Waals surface area (Å²) in [5.41, 5.74) is 0. The van der Waals surface area contributed by atoms with E-state index in [0.717, 1.165) is 4.90 Å². The molecule has 1 aliphatic heterocycles. The lowest BCUT2D eigenvalue weighted by Gasteiger charge is -2.19. The maximum Gasteiger partial charge on any atom is 0.232 e. The van der Waals surface area contributed by atoms with E-state index >= 15 is 0 Å². The largest absolute Gasteiger partial charge is 0.491 e. The first-order valence-electron chi connectivity index (χ1n) is 6.38. The zero-order valence-electron chi connectivity index (χ0n) is 11.1. The lowest BCUT2D eigenvalue weighted by Crippen LogP contribution is -2.39. The van der Waals surface area contributed by atoms with Gasteiger partial charge in [-0.1, -0.05) is 6.92 Å². The summed E-state index contributed by atoms with van der Waals surface area (Å²) in [6, 6.07) is 5.38. The molecule has 1 aromatic carbocycles. The van der Waals surface area contributed by atoms with Crippen LogP contribution in [0.3, 0.4) is 0 Å². The van der Waals surface area contributed by atoms with Crippen LogP contribution in [0, 0.1) is 11.7 Å². The maximum atomic E-state index is 12.7. The van der Waals surface area contributed by atoms with Crippen molar-refractivity contribution in [2.45, 2.75) is 19.4 Å². The summed E-state index contributed by atoms with van der Waals surface area (Å²) >= 11 is 0. The van der Waals surface area contributed by atoms with Gasteiger partial charge >= 0.3 is 0 Å². The van der Waals surface area contributed by atoms with Crippen molar-refractivity contribution in [2.75, 3.05) is 13.2 Å². The molecule has 0 spiro atoms. The molecule has 1 fully saturated rings. The quantitative estimate of drug-likeness (QED) is 0.816. The number of carbonyl (C=O) groups is 2. The molecule has 5 nitrogen and oxygen atoms in total. The van der Waals surface area contributed by atoms with Gasteiger partial charge in [0.2, 0.25) is 11.8 Å². The van der Waals surface area contributed by atoms with Gasteiger partial charge in [-0.25, -0.2) is 4.39 Å². The van der Waals surface area contributed by atoms with Crippen LogP contribution in [0.4, 0.5) is 4.39 Å². The Morgan fingerprint density at radius 1 is 1.40 bits per heavy atom. The number of ether oxygens (including phenoxy) is 1. The van der Waals surface area contributed by atoms with Gasteiger partial charge in [-0.3, -0.25) is 14.5 Å². The van der Waals surface area contributed by atoms with E-state index < -0.39 is 6.10 Å². The number of likely N-dealkylation sites (tertiary alicyclic amines) is 1. The molecule has 1 aliphatic rings. The molecule has 0 radical (unpaired) electrons. The van der Waals surface area contributed by atoms with Crippen LogP contribution in [0.15, 0.2) is 24.3 Å². The van der Waals surface area contributed by atoms with Crippen molar-refractivity contribution in [3.8, 4) is 5.75 Å². The zero-order chi connectivity index (χ0) is 14.7. The van der Waals surface area contributed by atoms with E-state index in [1.807, 2.05) is 0 Å². The highest BCUT2D eigenvalue weighted by Gasteiger charge is 2.36. The summed E-state index contributed by atoms with van der Waals surface area (Å²) in [6.45, 7) is 1.53. The van der Waals surface area contributed by atoms with Crippen LogP contribution in [-0.2, 0) is 9.59 Å². The Bertz CT molecular complexity index is 502. The van der Waals surface area contributed by atoms with Crippen LogP contribution in [-0.4, -0.2) is 41.1 Å². The Morgan fingerprint density at radius 3 is 2.60 bits per heavy atom. The van der Waals surface area contributed by atoms with Gasteiger partial charge in [0.15, 0.2) is 0 Å². The highest BCUT2D eigenvalue weighted by molar-refractivity contribution is 6.03. The van der Waals surface area contributed by atoms with Gasteiger partial charge in [-0.05, 0) is 24.3 Å². The molecule has 0 unspecified atom stereocenters. The number of rotatable bonds is 5. The van der Waals surface area contributed by atoms with Crippen LogP contribution >= 0.6 is 0 Å². The van der Waals surface area contributed by atoms with E-state index in [1.54, 1.807) is 6.92 Å². The highest BCUT2D eigenvalue weighted by Crippen LogP contribution is 2.19. The summed E-state index contributed by atoms with van der Waals surface area (Å²) in [5, 5.41) is 9.80. The molecule has 1 aromatic rings. The Balaban J connectivity index is 1.83. The second-order valence-corrected chi connectivity index (χ2v) is 4.87. The molecular weight excluding hydrogens is 265 g/mol. The van der Waals surface area contributed by atoms with Gasteiger partial charge in [-0.15, -0.1) is 0 Å². The molecular formula is C14H16FNO4. The number of imide groups is 1. The Hall–Kier alpha value is -1.95. The van der Waals surface area contributed by atoms with Crippen LogP contribution in [0.2, 0.25) is 0 Å². The average molecular weight is 281 g/mol. The molecule has 20 heavy (non-hydrogen) atoms. The SMILES string of the molecule is C[C@H]1CC(=O)N(C[C@@H](O)COc2ccc(F)cc2)C1=O. The van der Waals surface area contributed by atoms with Crippen LogP contribution in [0.25, 0.3) is 0 Å². The second kappa shape index (κ2) is 6.00. The van der Waals surface area contributed by atoms with E-state index in [-0.39, 0.29) is 43.1 Å². The zero-order valence-corrected chi connectivity index (χ0v) is 11.1. The van der Waals surface area contributed by atoms with E-state index in [4.69, 9.17) is 4.74 Å². The maximum absolute atomic E-state index is 12.7. The smallest absolute Gasteiger partial charge is 0.232 e. The predicted octanol–water partition coefficient (Wildman–Crippen LogP) is 0.960. The molecule has 0 aliphatic carbocycles. The number of amides is 2. The standard InChI is InChI=1S/C14H16FNO4/c1-9-6-13(18)16(14(9)19)7-11(17)8-20-12-4-2-10(15)3-5-12/h2-5,9,11,17H,6-8H2,1H3/t9-,11+/m0/s1. The lowest BCUT2D eigenvalue weighted by molar-refractivity contribution is -0.141. The molecule has 2 amide bonds. The van der Waals surface area contributed by atoms with Crippen molar-refractivity contribution in [3.05, 3.63) is 30.1 Å². The van der Waals surface area contributed by atoms with Crippen molar-refractivity contribution in [1.82, 2.24) is 4.90 Å². The van der Waals surface area contributed by atoms with Gasteiger partial charge in [0.25, 0.3) is 0 Å². The number of β-amino-alcohol motifs (C(OH)–C–C–N with tert-alkyl or cyclic N) is 1. The van der Waals surface area contributed by atoms with E-state index in [1.165, 1.54) is 24.3 Å². The number of hydrogen-bond donors (Lipinski definition) is 1. The Kier molecular flexibility index (Phi) is 4.34. The third-order valence-corrected chi connectivity index (χ3v) is 3.12. The monoisotopic (exact) mass is 281 g/mol. The minimum absolute atomic E-state index is 0.0723. The number of hydrogen-bond acceptors (Lipinski definition) is 4. The topological polar surface area (TPSA) is 66.8 Å². The van der Waals surface area contributed by atoms with E-state index in [9.17, 15) is 19.1 Å². The molecule has 0 saturated carbocycles. The molecule has 2 rings (SSSR count). The molecule has 108 valence electrons. The summed E-state index contributed by atoms with van der Waals surface area (Å²) in [4.78, 5) is 24.3. The highest BCUT2D eigenvalue weighted by atomic mass is 19.1. The molecule has 1 saturated heterocycles. The summed E-state index contributed by atoms with van der Waals surface area (Å²) in [7, 11) is 0. The van der Waals surface area contributed by atoms with Crippen LogP contribution < -0.4 is 4.74 Å². The van der Waals surface area contributed by atoms with E-state index in [0.29, 0.717) is 5.75 Å². The molecule has 1 heterocycles. The normalized spacial score (nSPS) is 20.4. The van der Waals surface area contributed by atoms with Crippen molar-refractivity contribution in [2.24, 2.45) is 5.92 Å². The van der Waals surface area contributed by atoms with E-state index in [2.05, 4.69) is 0 Å². The summed E-state index contributed by atoms with van der Waals surface area (Å²) in [6.07, 6.45) is -0.789. The summed E-state index contributed by atoms with van der Waals surface area (Å²) < 4.78 is 18.0. The van der Waals surface area contributed by atoms with Crippen molar-refractivity contribution < 1.29 is 23.8 Å².